The van der Waals surface area contributed by atoms with Crippen molar-refractivity contribution < 1.29 is 9.53 Å². The standard InChI is InChI=1S/C22H26N2O2/c1-26-20-4-2-19(3-5-20)22(10-11-22)21(25)24-14-8-18(9-15-24)16-17-6-12-23-13-7-17/h2-7,12-13,18H,8-11,14-16H2,1H3. The summed E-state index contributed by atoms with van der Waals surface area (Å²) in [5.74, 6) is 1.83. The van der Waals surface area contributed by atoms with Crippen LogP contribution in [0.25, 0.3) is 0 Å². The summed E-state index contributed by atoms with van der Waals surface area (Å²) in [5, 5.41) is 0. The van der Waals surface area contributed by atoms with Crippen LogP contribution in [0.3, 0.4) is 0 Å². The van der Waals surface area contributed by atoms with Gasteiger partial charge < -0.3 is 9.64 Å². The fraction of sp³-hybridized carbons (Fsp3) is 0.455. The van der Waals surface area contributed by atoms with Crippen LogP contribution >= 0.6 is 0 Å². The van der Waals surface area contributed by atoms with Gasteiger partial charge in [0.1, 0.15) is 5.75 Å². The lowest BCUT2D eigenvalue weighted by Crippen LogP contribution is -2.44. The summed E-state index contributed by atoms with van der Waals surface area (Å²) in [6, 6.07) is 12.2. The molecule has 4 rings (SSSR count). The van der Waals surface area contributed by atoms with Crippen molar-refractivity contribution in [2.24, 2.45) is 5.92 Å². The van der Waals surface area contributed by atoms with E-state index >= 15 is 0 Å². The third kappa shape index (κ3) is 3.33. The van der Waals surface area contributed by atoms with Crippen LogP contribution in [0.5, 0.6) is 5.75 Å². The van der Waals surface area contributed by atoms with Crippen molar-refractivity contribution in [2.75, 3.05) is 20.2 Å². The highest BCUT2D eigenvalue weighted by Crippen LogP contribution is 2.50. The van der Waals surface area contributed by atoms with Crippen LogP contribution in [0.4, 0.5) is 0 Å². The predicted octanol–water partition coefficient (Wildman–Crippen LogP) is 3.60. The first-order valence-electron chi connectivity index (χ1n) is 9.54. The molecule has 1 aliphatic carbocycles. The van der Waals surface area contributed by atoms with E-state index in [0.717, 1.165) is 56.5 Å². The van der Waals surface area contributed by atoms with E-state index in [4.69, 9.17) is 4.74 Å². The lowest BCUT2D eigenvalue weighted by Gasteiger charge is -2.34. The molecule has 1 aromatic heterocycles. The van der Waals surface area contributed by atoms with Gasteiger partial charge in [0, 0.05) is 25.5 Å². The van der Waals surface area contributed by atoms with E-state index in [1.807, 2.05) is 24.5 Å². The van der Waals surface area contributed by atoms with Crippen LogP contribution in [0.1, 0.15) is 36.8 Å². The Balaban J connectivity index is 1.37. The van der Waals surface area contributed by atoms with Gasteiger partial charge in [0.15, 0.2) is 0 Å². The number of methoxy groups -OCH3 is 1. The zero-order valence-corrected chi connectivity index (χ0v) is 15.4. The fourth-order valence-electron chi connectivity index (χ4n) is 4.16. The van der Waals surface area contributed by atoms with Crippen LogP contribution < -0.4 is 4.74 Å². The molecule has 1 saturated carbocycles. The normalized spacial score (nSPS) is 19.2. The SMILES string of the molecule is COc1ccc(C2(C(=O)N3CCC(Cc4ccncc4)CC3)CC2)cc1. The third-order valence-electron chi connectivity index (χ3n) is 5.98. The summed E-state index contributed by atoms with van der Waals surface area (Å²) >= 11 is 0. The number of carbonyl (C=O) groups excluding carboxylic acids is 1. The lowest BCUT2D eigenvalue weighted by molar-refractivity contribution is -0.135. The van der Waals surface area contributed by atoms with Crippen molar-refractivity contribution in [1.82, 2.24) is 9.88 Å². The number of rotatable bonds is 5. The number of carbonyl (C=O) groups is 1. The summed E-state index contributed by atoms with van der Waals surface area (Å²) in [4.78, 5) is 19.4. The summed E-state index contributed by atoms with van der Waals surface area (Å²) < 4.78 is 5.24. The van der Waals surface area contributed by atoms with E-state index < -0.39 is 0 Å². The van der Waals surface area contributed by atoms with Crippen LogP contribution in [-0.4, -0.2) is 36.0 Å². The van der Waals surface area contributed by atoms with E-state index in [0.29, 0.717) is 11.8 Å². The second kappa shape index (κ2) is 7.10. The minimum absolute atomic E-state index is 0.274. The highest BCUT2D eigenvalue weighted by Gasteiger charge is 2.53. The van der Waals surface area contributed by atoms with Gasteiger partial charge in [-0.05, 0) is 73.4 Å². The van der Waals surface area contributed by atoms with E-state index in [1.165, 1.54) is 5.56 Å². The van der Waals surface area contributed by atoms with Gasteiger partial charge in [-0.15, -0.1) is 0 Å². The number of aromatic nitrogens is 1. The number of nitrogens with zero attached hydrogens (tertiary/aromatic N) is 2. The van der Waals surface area contributed by atoms with Crippen LogP contribution in [0.2, 0.25) is 0 Å². The molecule has 2 aliphatic rings. The van der Waals surface area contributed by atoms with Crippen molar-refractivity contribution >= 4 is 5.91 Å². The fourth-order valence-corrected chi connectivity index (χ4v) is 4.16. The molecule has 0 atom stereocenters. The zero-order chi connectivity index (χ0) is 18.0. The van der Waals surface area contributed by atoms with E-state index in [2.05, 4.69) is 34.1 Å². The molecule has 1 amide bonds. The first-order chi connectivity index (χ1) is 12.7. The molecule has 1 aliphatic heterocycles. The van der Waals surface area contributed by atoms with Crippen LogP contribution in [0.15, 0.2) is 48.8 Å². The molecule has 0 spiro atoms. The minimum atomic E-state index is -0.274. The second-order valence-electron chi connectivity index (χ2n) is 7.61. The highest BCUT2D eigenvalue weighted by atomic mass is 16.5. The van der Waals surface area contributed by atoms with E-state index in [1.54, 1.807) is 7.11 Å². The van der Waals surface area contributed by atoms with Crippen molar-refractivity contribution in [3.8, 4) is 5.75 Å². The molecular formula is C22H26N2O2. The van der Waals surface area contributed by atoms with Crippen molar-refractivity contribution in [3.05, 3.63) is 59.9 Å². The number of pyridine rings is 1. The Morgan fingerprint density at radius 3 is 2.35 bits per heavy atom. The maximum atomic E-state index is 13.2. The Bertz CT molecular complexity index is 745. The monoisotopic (exact) mass is 350 g/mol. The number of hydrogen-bond donors (Lipinski definition) is 0. The molecule has 2 heterocycles. The topological polar surface area (TPSA) is 42.4 Å². The molecule has 4 nitrogen and oxygen atoms in total. The van der Waals surface area contributed by atoms with Gasteiger partial charge in [0.25, 0.3) is 0 Å². The zero-order valence-electron chi connectivity index (χ0n) is 15.4. The van der Waals surface area contributed by atoms with Gasteiger partial charge in [-0.3, -0.25) is 9.78 Å². The average Bonchev–Trinajstić information content (AvgIpc) is 3.51. The Kier molecular flexibility index (Phi) is 4.66. The van der Waals surface area contributed by atoms with Crippen molar-refractivity contribution in [1.29, 1.82) is 0 Å². The molecule has 136 valence electrons. The van der Waals surface area contributed by atoms with Gasteiger partial charge in [0.2, 0.25) is 5.91 Å². The molecule has 0 radical (unpaired) electrons. The average molecular weight is 350 g/mol. The number of hydrogen-bond acceptors (Lipinski definition) is 3. The first kappa shape index (κ1) is 17.1. The molecule has 2 aromatic rings. The minimum Gasteiger partial charge on any atom is -0.497 e. The predicted molar refractivity (Wildman–Crippen MR) is 101 cm³/mol. The molecule has 1 aromatic carbocycles. The maximum Gasteiger partial charge on any atom is 0.233 e. The van der Waals surface area contributed by atoms with Gasteiger partial charge in [-0.25, -0.2) is 0 Å². The largest absolute Gasteiger partial charge is 0.497 e. The Labute approximate surface area is 155 Å². The summed E-state index contributed by atoms with van der Waals surface area (Å²) in [7, 11) is 1.67. The van der Waals surface area contributed by atoms with Gasteiger partial charge in [-0.2, -0.15) is 0 Å². The van der Waals surface area contributed by atoms with Gasteiger partial charge in [0.05, 0.1) is 12.5 Å². The summed E-state index contributed by atoms with van der Waals surface area (Å²) in [5.41, 5.74) is 2.22. The molecule has 1 saturated heterocycles. The highest BCUT2D eigenvalue weighted by molar-refractivity contribution is 5.91. The van der Waals surface area contributed by atoms with Gasteiger partial charge >= 0.3 is 0 Å². The number of likely N-dealkylation sites (tertiary alicyclic amines) is 1. The molecular weight excluding hydrogens is 324 g/mol. The van der Waals surface area contributed by atoms with Gasteiger partial charge in [-0.1, -0.05) is 12.1 Å². The summed E-state index contributed by atoms with van der Waals surface area (Å²) in [6.07, 6.45) is 8.93. The molecule has 26 heavy (non-hydrogen) atoms. The van der Waals surface area contributed by atoms with E-state index in [9.17, 15) is 4.79 Å². The number of piperidine rings is 1. The second-order valence-corrected chi connectivity index (χ2v) is 7.61. The molecule has 0 bridgehead atoms. The Hall–Kier alpha value is -2.36. The number of amides is 1. The molecule has 2 fully saturated rings. The van der Waals surface area contributed by atoms with Crippen LogP contribution in [-0.2, 0) is 16.6 Å². The van der Waals surface area contributed by atoms with Crippen molar-refractivity contribution in [2.45, 2.75) is 37.5 Å². The van der Waals surface area contributed by atoms with E-state index in [-0.39, 0.29) is 5.41 Å². The maximum absolute atomic E-state index is 13.2. The van der Waals surface area contributed by atoms with Crippen molar-refractivity contribution in [3.63, 3.8) is 0 Å². The Morgan fingerprint density at radius 1 is 1.12 bits per heavy atom. The molecule has 4 heteroatoms. The number of benzene rings is 1. The smallest absolute Gasteiger partial charge is 0.233 e. The summed E-state index contributed by atoms with van der Waals surface area (Å²) in [6.45, 7) is 1.76. The number of ether oxygens (including phenoxy) is 1. The third-order valence-corrected chi connectivity index (χ3v) is 5.98. The first-order valence-corrected chi connectivity index (χ1v) is 9.54. The molecule has 0 unspecified atom stereocenters. The molecule has 0 N–H and O–H groups in total. The quantitative estimate of drug-likeness (QED) is 0.827. The lowest BCUT2D eigenvalue weighted by atomic mass is 9.88. The Morgan fingerprint density at radius 2 is 1.77 bits per heavy atom. The van der Waals surface area contributed by atoms with Crippen LogP contribution in [0, 0.1) is 5.92 Å².